The fraction of sp³-hybridized carbons (Fsp3) is 0.300. The number of para-hydroxylation sites is 2. The molecule has 4 rings (SSSR count). The predicted molar refractivity (Wildman–Crippen MR) is 106 cm³/mol. The monoisotopic (exact) mass is 384 g/mol. The number of nitrogens with one attached hydrogen (secondary N) is 1. The van der Waals surface area contributed by atoms with E-state index in [1.807, 2.05) is 24.3 Å². The largest absolute Gasteiger partial charge is 0.379 e. The maximum absolute atomic E-state index is 12.7. The third kappa shape index (κ3) is 4.13. The summed E-state index contributed by atoms with van der Waals surface area (Å²) >= 11 is 6.01. The minimum Gasteiger partial charge on any atom is -0.379 e. The Labute approximate surface area is 162 Å². The molecule has 0 unspecified atom stereocenters. The maximum atomic E-state index is 12.7. The van der Waals surface area contributed by atoms with E-state index in [1.165, 1.54) is 0 Å². The van der Waals surface area contributed by atoms with Gasteiger partial charge in [0.2, 0.25) is 5.95 Å². The summed E-state index contributed by atoms with van der Waals surface area (Å²) in [6.07, 6.45) is 0. The van der Waals surface area contributed by atoms with Gasteiger partial charge in [-0.05, 0) is 30.3 Å². The number of imidazole rings is 1. The standard InChI is InChI=1S/C20H21ClN4O2/c21-16-5-3-4-15(14-16)19(26)23-20-22-17-6-1-2-7-18(17)25(20)9-8-24-10-12-27-13-11-24/h1-7,14H,8-13H2,(H,22,23,26). The van der Waals surface area contributed by atoms with E-state index in [9.17, 15) is 4.79 Å². The molecular weight excluding hydrogens is 364 g/mol. The van der Waals surface area contributed by atoms with Crippen molar-refractivity contribution in [2.75, 3.05) is 38.2 Å². The third-order valence-corrected chi connectivity index (χ3v) is 4.95. The van der Waals surface area contributed by atoms with Gasteiger partial charge in [0.1, 0.15) is 0 Å². The summed E-state index contributed by atoms with van der Waals surface area (Å²) in [6.45, 7) is 5.01. The number of ether oxygens (including phenoxy) is 1. The van der Waals surface area contributed by atoms with Crippen LogP contribution in [0.3, 0.4) is 0 Å². The molecule has 0 radical (unpaired) electrons. The quantitative estimate of drug-likeness (QED) is 0.733. The van der Waals surface area contributed by atoms with Crippen molar-refractivity contribution in [1.82, 2.24) is 14.5 Å². The van der Waals surface area contributed by atoms with Gasteiger partial charge in [-0.2, -0.15) is 0 Å². The Balaban J connectivity index is 1.58. The Morgan fingerprint density at radius 2 is 1.93 bits per heavy atom. The second-order valence-electron chi connectivity index (χ2n) is 6.49. The molecule has 3 aromatic rings. The van der Waals surface area contributed by atoms with E-state index in [-0.39, 0.29) is 5.91 Å². The lowest BCUT2D eigenvalue weighted by molar-refractivity contribution is 0.0366. The Morgan fingerprint density at radius 3 is 2.74 bits per heavy atom. The van der Waals surface area contributed by atoms with Crippen molar-refractivity contribution in [1.29, 1.82) is 0 Å². The molecule has 1 fully saturated rings. The molecule has 6 nitrogen and oxygen atoms in total. The lowest BCUT2D eigenvalue weighted by atomic mass is 10.2. The highest BCUT2D eigenvalue weighted by Gasteiger charge is 2.16. The van der Waals surface area contributed by atoms with Crippen LogP contribution in [0.15, 0.2) is 48.5 Å². The molecule has 0 bridgehead atoms. The molecular formula is C20H21ClN4O2. The summed E-state index contributed by atoms with van der Waals surface area (Å²) in [6, 6.07) is 14.8. The summed E-state index contributed by atoms with van der Waals surface area (Å²) < 4.78 is 7.48. The molecule has 0 atom stereocenters. The van der Waals surface area contributed by atoms with E-state index < -0.39 is 0 Å². The topological polar surface area (TPSA) is 59.4 Å². The number of nitrogens with zero attached hydrogens (tertiary/aromatic N) is 3. The summed E-state index contributed by atoms with van der Waals surface area (Å²) in [4.78, 5) is 19.6. The van der Waals surface area contributed by atoms with E-state index in [2.05, 4.69) is 19.8 Å². The van der Waals surface area contributed by atoms with Gasteiger partial charge in [0, 0.05) is 36.8 Å². The number of morpholine rings is 1. The van der Waals surface area contributed by atoms with Gasteiger partial charge >= 0.3 is 0 Å². The van der Waals surface area contributed by atoms with Gasteiger partial charge in [-0.15, -0.1) is 0 Å². The highest BCUT2D eigenvalue weighted by Crippen LogP contribution is 2.21. The predicted octanol–water partition coefficient (Wildman–Crippen LogP) is 3.27. The smallest absolute Gasteiger partial charge is 0.258 e. The van der Waals surface area contributed by atoms with Crippen molar-refractivity contribution in [2.45, 2.75) is 6.54 Å². The van der Waals surface area contributed by atoms with Crippen LogP contribution in [0.2, 0.25) is 5.02 Å². The number of carbonyl (C=O) groups excluding carboxylic acids is 1. The first kappa shape index (κ1) is 18.0. The Kier molecular flexibility index (Phi) is 5.38. The van der Waals surface area contributed by atoms with Gasteiger partial charge < -0.3 is 9.30 Å². The van der Waals surface area contributed by atoms with Crippen LogP contribution in [-0.4, -0.2) is 53.2 Å². The van der Waals surface area contributed by atoms with E-state index >= 15 is 0 Å². The highest BCUT2D eigenvalue weighted by molar-refractivity contribution is 6.31. The van der Waals surface area contributed by atoms with Gasteiger partial charge in [0.25, 0.3) is 5.91 Å². The van der Waals surface area contributed by atoms with Crippen LogP contribution >= 0.6 is 11.6 Å². The Hall–Kier alpha value is -2.41. The fourth-order valence-corrected chi connectivity index (χ4v) is 3.46. The molecule has 0 saturated carbocycles. The van der Waals surface area contributed by atoms with E-state index in [0.29, 0.717) is 16.5 Å². The molecule has 1 amide bonds. The van der Waals surface area contributed by atoms with Crippen molar-refractivity contribution in [2.24, 2.45) is 0 Å². The molecule has 7 heteroatoms. The number of fused-ring (bicyclic) bond motifs is 1. The second kappa shape index (κ2) is 8.08. The molecule has 0 aliphatic carbocycles. The first-order valence-corrected chi connectivity index (χ1v) is 9.41. The van der Waals surface area contributed by atoms with Crippen molar-refractivity contribution in [3.63, 3.8) is 0 Å². The van der Waals surface area contributed by atoms with Crippen LogP contribution in [0.4, 0.5) is 5.95 Å². The number of hydrogen-bond donors (Lipinski definition) is 1. The molecule has 2 aromatic carbocycles. The number of aromatic nitrogens is 2. The number of carbonyl (C=O) groups is 1. The summed E-state index contributed by atoms with van der Waals surface area (Å²) in [5.74, 6) is 0.329. The van der Waals surface area contributed by atoms with Crippen LogP contribution < -0.4 is 5.32 Å². The zero-order valence-electron chi connectivity index (χ0n) is 14.9. The minimum absolute atomic E-state index is 0.222. The summed E-state index contributed by atoms with van der Waals surface area (Å²) in [7, 11) is 0. The molecule has 1 aromatic heterocycles. The molecule has 0 spiro atoms. The van der Waals surface area contributed by atoms with E-state index in [1.54, 1.807) is 24.3 Å². The van der Waals surface area contributed by atoms with Crippen LogP contribution in [0.5, 0.6) is 0 Å². The highest BCUT2D eigenvalue weighted by atomic mass is 35.5. The van der Waals surface area contributed by atoms with Crippen LogP contribution in [-0.2, 0) is 11.3 Å². The lowest BCUT2D eigenvalue weighted by Crippen LogP contribution is -2.38. The van der Waals surface area contributed by atoms with Gasteiger partial charge in [-0.3, -0.25) is 15.0 Å². The lowest BCUT2D eigenvalue weighted by Gasteiger charge is -2.26. The third-order valence-electron chi connectivity index (χ3n) is 4.71. The number of hydrogen-bond acceptors (Lipinski definition) is 4. The van der Waals surface area contributed by atoms with Crippen molar-refractivity contribution < 1.29 is 9.53 Å². The van der Waals surface area contributed by atoms with Gasteiger partial charge in [-0.25, -0.2) is 4.98 Å². The number of benzene rings is 2. The normalized spacial score (nSPS) is 15.1. The summed E-state index contributed by atoms with van der Waals surface area (Å²) in [5.41, 5.74) is 2.38. The molecule has 1 N–H and O–H groups in total. The Morgan fingerprint density at radius 1 is 1.11 bits per heavy atom. The minimum atomic E-state index is -0.222. The SMILES string of the molecule is O=C(Nc1nc2ccccc2n1CCN1CCOCC1)c1cccc(Cl)c1. The molecule has 27 heavy (non-hydrogen) atoms. The maximum Gasteiger partial charge on any atom is 0.258 e. The van der Waals surface area contributed by atoms with Crippen molar-refractivity contribution in [3.05, 3.63) is 59.1 Å². The van der Waals surface area contributed by atoms with Crippen molar-refractivity contribution in [3.8, 4) is 0 Å². The van der Waals surface area contributed by atoms with Crippen LogP contribution in [0, 0.1) is 0 Å². The fourth-order valence-electron chi connectivity index (χ4n) is 3.27. The number of amides is 1. The first-order valence-electron chi connectivity index (χ1n) is 9.03. The number of rotatable bonds is 5. The zero-order valence-corrected chi connectivity index (χ0v) is 15.7. The Bertz CT molecular complexity index is 950. The van der Waals surface area contributed by atoms with Gasteiger partial charge in [0.15, 0.2) is 0 Å². The average molecular weight is 385 g/mol. The zero-order chi connectivity index (χ0) is 18.6. The second-order valence-corrected chi connectivity index (χ2v) is 6.93. The van der Waals surface area contributed by atoms with Crippen LogP contribution in [0.1, 0.15) is 10.4 Å². The van der Waals surface area contributed by atoms with Crippen molar-refractivity contribution >= 4 is 34.5 Å². The summed E-state index contributed by atoms with van der Waals surface area (Å²) in [5, 5.41) is 3.47. The molecule has 1 aliphatic rings. The van der Waals surface area contributed by atoms with E-state index in [4.69, 9.17) is 16.3 Å². The average Bonchev–Trinajstić information content (AvgIpc) is 3.04. The van der Waals surface area contributed by atoms with Gasteiger partial charge in [0.05, 0.1) is 24.2 Å². The molecule has 2 heterocycles. The van der Waals surface area contributed by atoms with E-state index in [0.717, 1.165) is 50.4 Å². The first-order chi connectivity index (χ1) is 13.2. The number of anilines is 1. The number of halogens is 1. The van der Waals surface area contributed by atoms with Gasteiger partial charge in [-0.1, -0.05) is 29.8 Å². The molecule has 1 aliphatic heterocycles. The van der Waals surface area contributed by atoms with Crippen LogP contribution in [0.25, 0.3) is 11.0 Å². The molecule has 140 valence electrons. The molecule has 1 saturated heterocycles.